The molecule has 1 aromatic carbocycles. The van der Waals surface area contributed by atoms with Gasteiger partial charge in [0.05, 0.1) is 23.8 Å². The maximum atomic E-state index is 15.0. The lowest BCUT2D eigenvalue weighted by molar-refractivity contribution is -0.142. The number of H-pyrrole nitrogens is 1. The molecule has 1 spiro atoms. The van der Waals surface area contributed by atoms with Gasteiger partial charge in [-0.2, -0.15) is 0 Å². The third-order valence-corrected chi connectivity index (χ3v) is 17.6. The molecule has 79 heavy (non-hydrogen) atoms. The van der Waals surface area contributed by atoms with Crippen LogP contribution in [0.15, 0.2) is 35.3 Å². The number of hydrogen-bond acceptors (Lipinski definition) is 15. The summed E-state index contributed by atoms with van der Waals surface area (Å²) in [5.74, 6) is -10.3. The molecule has 29 heteroatoms. The van der Waals surface area contributed by atoms with E-state index in [-0.39, 0.29) is 50.5 Å². The molecule has 5 rings (SSSR count). The molecular formula is C50H76N16O11S2. The number of amides is 11. The number of guanidine groups is 1. The zero-order chi connectivity index (χ0) is 58.0. The maximum absolute atomic E-state index is 15.0. The first-order valence-corrected chi connectivity index (χ1v) is 28.8. The van der Waals surface area contributed by atoms with Crippen molar-refractivity contribution in [3.05, 3.63) is 36.0 Å². The number of carbonyl (C=O) groups excluding carboxylic acids is 11. The largest absolute Gasteiger partial charge is 0.370 e. The van der Waals surface area contributed by atoms with Crippen molar-refractivity contribution in [1.29, 1.82) is 0 Å². The van der Waals surface area contributed by atoms with E-state index in [1.54, 1.807) is 13.8 Å². The quantitative estimate of drug-likeness (QED) is 0.0286. The summed E-state index contributed by atoms with van der Waals surface area (Å²) < 4.78 is -0.990. The fourth-order valence-corrected chi connectivity index (χ4v) is 13.2. The first-order chi connectivity index (χ1) is 37.5. The minimum absolute atomic E-state index is 0.0126. The van der Waals surface area contributed by atoms with Gasteiger partial charge in [0.2, 0.25) is 65.0 Å². The summed E-state index contributed by atoms with van der Waals surface area (Å²) in [6, 6.07) is -1.88. The molecule has 20 N–H and O–H groups in total. The van der Waals surface area contributed by atoms with Crippen LogP contribution in [-0.2, 0) is 59.2 Å². The second-order valence-corrected chi connectivity index (χ2v) is 23.0. The molecule has 9 atom stereocenters. The van der Waals surface area contributed by atoms with Crippen LogP contribution in [0, 0.1) is 5.92 Å². The summed E-state index contributed by atoms with van der Waals surface area (Å²) in [4.78, 5) is 159. The second-order valence-electron chi connectivity index (χ2n) is 20.2. The van der Waals surface area contributed by atoms with E-state index in [4.69, 9.17) is 34.4 Å². The van der Waals surface area contributed by atoms with Gasteiger partial charge in [-0.05, 0) is 68.4 Å². The Hall–Kier alpha value is -7.14. The van der Waals surface area contributed by atoms with Crippen LogP contribution in [0.1, 0.15) is 103 Å². The number of aromatic nitrogens is 1. The number of nitrogens with zero attached hydrogens (tertiary/aromatic N) is 2. The van der Waals surface area contributed by atoms with Crippen LogP contribution in [-0.4, -0.2) is 159 Å². The van der Waals surface area contributed by atoms with Gasteiger partial charge in [0.1, 0.15) is 42.3 Å². The molecular weight excluding hydrogens is 1060 g/mol. The lowest BCUT2D eigenvalue weighted by Crippen LogP contribution is -2.62. The molecule has 2 aliphatic heterocycles. The minimum atomic E-state index is -1.77. The van der Waals surface area contributed by atoms with E-state index < -0.39 is 150 Å². The summed E-state index contributed by atoms with van der Waals surface area (Å²) in [5, 5.41) is 19.3. The van der Waals surface area contributed by atoms with Gasteiger partial charge in [-0.15, -0.1) is 0 Å². The van der Waals surface area contributed by atoms with Crippen molar-refractivity contribution in [2.24, 2.45) is 45.3 Å². The highest BCUT2D eigenvalue weighted by Gasteiger charge is 2.46. The topological polar surface area (TPSA) is 459 Å². The fraction of sp³-hybridized carbons (Fsp3) is 0.600. The molecule has 1 aliphatic carbocycles. The highest BCUT2D eigenvalue weighted by molar-refractivity contribution is 8.77. The number of primary amides is 3. The third kappa shape index (κ3) is 18.2. The number of fused-ring (bicyclic) bond motifs is 1. The molecule has 0 unspecified atom stereocenters. The van der Waals surface area contributed by atoms with Crippen molar-refractivity contribution in [1.82, 2.24) is 47.1 Å². The van der Waals surface area contributed by atoms with Crippen molar-refractivity contribution in [2.45, 2.75) is 157 Å². The van der Waals surface area contributed by atoms with Crippen LogP contribution >= 0.6 is 21.6 Å². The molecule has 3 aliphatic rings. The molecule has 1 aromatic heterocycles. The van der Waals surface area contributed by atoms with Crippen molar-refractivity contribution < 1.29 is 52.7 Å². The molecule has 0 bridgehead atoms. The van der Waals surface area contributed by atoms with E-state index >= 15 is 0 Å². The standard InChI is InChI=1S/C50H76N16O11S2/c1-3-26(2)39-46(75)61-31(15-16-36(51)67)42(71)62-33(23-37(52)68)43(72)64-34(48(77)66-20-10-14-35(66)45(74)60-30(13-9-19-57-49(55)56)41(70)58-24-38(53)69)25-78-79-50(17-7-4-8-18-50)40(54)47(76)63-32(44(73)65-39)22-28-21-27-11-5-6-12-29(27)59-28/h5-6,11-12,21,26,30-35,39-40,59H,3-4,7-10,13-20,22-25,54H2,1-2H3,(H2,51,67)(H2,52,68)(H2,53,69)(H,58,70)(H,60,74)(H,61,75)(H,62,71)(H,63,76)(H,64,72)(H,65,73)(H4,55,56,57)/t26-,30+,31+,32+,33+,34-,35-,39-,40+/m0/s1. The van der Waals surface area contributed by atoms with E-state index in [1.807, 2.05) is 30.3 Å². The summed E-state index contributed by atoms with van der Waals surface area (Å²) in [5.41, 5.74) is 35.6. The van der Waals surface area contributed by atoms with E-state index in [0.717, 1.165) is 28.1 Å². The average molecular weight is 1140 g/mol. The maximum Gasteiger partial charge on any atom is 0.246 e. The molecule has 0 radical (unpaired) electrons. The second kappa shape index (κ2) is 29.7. The van der Waals surface area contributed by atoms with Crippen molar-refractivity contribution in [3.63, 3.8) is 0 Å². The van der Waals surface area contributed by atoms with Gasteiger partial charge in [-0.1, -0.05) is 79.3 Å². The van der Waals surface area contributed by atoms with E-state index in [0.29, 0.717) is 44.2 Å². The van der Waals surface area contributed by atoms with Gasteiger partial charge in [0.15, 0.2) is 5.96 Å². The number of nitrogens with two attached hydrogens (primary N) is 6. The summed E-state index contributed by atoms with van der Waals surface area (Å²) in [6.45, 7) is 3.06. The van der Waals surface area contributed by atoms with Gasteiger partial charge in [0, 0.05) is 42.9 Å². The third-order valence-electron chi connectivity index (χ3n) is 14.3. The fourth-order valence-electron chi connectivity index (χ4n) is 9.73. The first-order valence-electron chi connectivity index (χ1n) is 26.5. The number of carbonyl (C=O) groups is 11. The minimum Gasteiger partial charge on any atom is -0.370 e. The number of nitrogens with one attached hydrogen (secondary N) is 8. The highest BCUT2D eigenvalue weighted by atomic mass is 33.1. The SMILES string of the molecule is CC[C@H](C)[C@@H]1NC(=O)[C@@H](Cc2cc3ccccc3[nH]2)NC(=O)[C@@H](N)C2(CCCCC2)SSC[C@@H](C(=O)N2CCC[C@H]2C(=O)N[C@H](CCCN=C(N)N)C(=O)NCC(N)=O)NC(=O)[C@@H](CC(N)=O)NC(=O)[C@@H](CCC(N)=O)NC1=O. The van der Waals surface area contributed by atoms with Gasteiger partial charge in [-0.3, -0.25) is 57.7 Å². The average Bonchev–Trinajstić information content (AvgIpc) is 4.20. The van der Waals surface area contributed by atoms with Crippen molar-refractivity contribution >= 4 is 103 Å². The smallest absolute Gasteiger partial charge is 0.246 e. The van der Waals surface area contributed by atoms with Gasteiger partial charge in [-0.25, -0.2) is 0 Å². The Labute approximate surface area is 465 Å². The molecule has 434 valence electrons. The molecule has 3 heterocycles. The summed E-state index contributed by atoms with van der Waals surface area (Å²) in [7, 11) is 2.34. The summed E-state index contributed by atoms with van der Waals surface area (Å²) in [6.07, 6.45) is 2.41. The predicted octanol–water partition coefficient (Wildman–Crippen LogP) is -3.12. The van der Waals surface area contributed by atoms with Crippen LogP contribution < -0.4 is 71.6 Å². The lowest BCUT2D eigenvalue weighted by Gasteiger charge is -2.40. The van der Waals surface area contributed by atoms with E-state index in [2.05, 4.69) is 47.2 Å². The van der Waals surface area contributed by atoms with Crippen LogP contribution in [0.3, 0.4) is 0 Å². The van der Waals surface area contributed by atoms with E-state index in [9.17, 15) is 52.7 Å². The van der Waals surface area contributed by atoms with Crippen LogP contribution in [0.25, 0.3) is 10.9 Å². The Morgan fingerprint density at radius 3 is 2.14 bits per heavy atom. The molecule has 2 aromatic rings. The number of aliphatic imine (C=N–C) groups is 1. The zero-order valence-electron chi connectivity index (χ0n) is 44.5. The first kappa shape index (κ1) is 62.7. The Balaban J connectivity index is 1.54. The number of para-hydroxylation sites is 1. The molecule has 11 amide bonds. The number of aromatic amines is 1. The molecule has 2 saturated heterocycles. The Bertz CT molecular complexity index is 2560. The van der Waals surface area contributed by atoms with Gasteiger partial charge in [0.25, 0.3) is 0 Å². The monoisotopic (exact) mass is 1140 g/mol. The van der Waals surface area contributed by atoms with Crippen LogP contribution in [0.4, 0.5) is 0 Å². The number of benzene rings is 1. The van der Waals surface area contributed by atoms with Crippen LogP contribution in [0.2, 0.25) is 0 Å². The number of rotatable bonds is 19. The lowest BCUT2D eigenvalue weighted by atomic mass is 9.82. The molecule has 27 nitrogen and oxygen atoms in total. The number of hydrogen-bond donors (Lipinski definition) is 14. The highest BCUT2D eigenvalue weighted by Crippen LogP contribution is 2.48. The van der Waals surface area contributed by atoms with Crippen LogP contribution in [0.5, 0.6) is 0 Å². The normalized spacial score (nSPS) is 24.3. The zero-order valence-corrected chi connectivity index (χ0v) is 46.1. The molecule has 3 fully saturated rings. The number of likely N-dealkylation sites (tertiary alicyclic amines) is 1. The Kier molecular flexibility index (Phi) is 23.6. The summed E-state index contributed by atoms with van der Waals surface area (Å²) >= 11 is 0. The van der Waals surface area contributed by atoms with Gasteiger partial charge >= 0.3 is 0 Å². The van der Waals surface area contributed by atoms with E-state index in [1.165, 1.54) is 15.7 Å². The Morgan fingerprint density at radius 1 is 0.810 bits per heavy atom. The van der Waals surface area contributed by atoms with Crippen molar-refractivity contribution in [3.8, 4) is 0 Å². The molecule has 1 saturated carbocycles. The predicted molar refractivity (Wildman–Crippen MR) is 296 cm³/mol. The Morgan fingerprint density at radius 2 is 1.48 bits per heavy atom. The van der Waals surface area contributed by atoms with Gasteiger partial charge < -0.3 is 81.5 Å². The van der Waals surface area contributed by atoms with Crippen molar-refractivity contribution in [2.75, 3.05) is 25.4 Å².